The zero-order valence-corrected chi connectivity index (χ0v) is 16.7. The quantitative estimate of drug-likeness (QED) is 0.435. The largest absolute Gasteiger partial charge is 0.0651 e. The van der Waals surface area contributed by atoms with Gasteiger partial charge in [-0.05, 0) is 65.8 Å². The second-order valence-corrected chi connectivity index (χ2v) is 7.17. The lowest BCUT2D eigenvalue weighted by atomic mass is 9.98. The summed E-state index contributed by atoms with van der Waals surface area (Å²) in [5.41, 5.74) is 8.71. The first-order valence-electron chi connectivity index (χ1n) is 10.0. The molecule has 27 heavy (non-hydrogen) atoms. The standard InChI is InChI=1S/C27H28/c1-4-6-22-8-10-24(11-9-22)12-15-25-18-19-27(20-21(25)3)26-16-13-23(7-5-2)14-17-26/h8-11,13-14,16-20H,4-7H2,1-3H3. The van der Waals surface area contributed by atoms with Crippen LogP contribution in [0, 0.1) is 18.8 Å². The molecule has 0 N–H and O–H groups in total. The maximum atomic E-state index is 3.34. The molecule has 0 spiro atoms. The van der Waals surface area contributed by atoms with E-state index >= 15 is 0 Å². The predicted molar refractivity (Wildman–Crippen MR) is 117 cm³/mol. The molecule has 0 atom stereocenters. The first-order valence-corrected chi connectivity index (χ1v) is 10.0. The lowest BCUT2D eigenvalue weighted by Gasteiger charge is -2.06. The van der Waals surface area contributed by atoms with Crippen LogP contribution in [0.4, 0.5) is 0 Å². The minimum absolute atomic E-state index is 1.07. The van der Waals surface area contributed by atoms with E-state index in [9.17, 15) is 0 Å². The third-order valence-corrected chi connectivity index (χ3v) is 4.89. The third-order valence-electron chi connectivity index (χ3n) is 4.89. The van der Waals surface area contributed by atoms with Crippen molar-refractivity contribution < 1.29 is 0 Å². The van der Waals surface area contributed by atoms with Gasteiger partial charge in [-0.25, -0.2) is 0 Å². The fraction of sp³-hybridized carbons (Fsp3) is 0.259. The van der Waals surface area contributed by atoms with Crippen LogP contribution in [0.1, 0.15) is 54.5 Å². The van der Waals surface area contributed by atoms with Gasteiger partial charge in [-0.2, -0.15) is 0 Å². The summed E-state index contributed by atoms with van der Waals surface area (Å²) < 4.78 is 0. The molecule has 0 amide bonds. The van der Waals surface area contributed by atoms with E-state index < -0.39 is 0 Å². The molecule has 3 aromatic rings. The highest BCUT2D eigenvalue weighted by molar-refractivity contribution is 5.66. The number of hydrogen-bond acceptors (Lipinski definition) is 0. The second kappa shape index (κ2) is 9.24. The minimum atomic E-state index is 1.07. The molecule has 3 aromatic carbocycles. The van der Waals surface area contributed by atoms with Crippen LogP contribution in [-0.2, 0) is 12.8 Å². The first-order chi connectivity index (χ1) is 13.2. The fourth-order valence-corrected chi connectivity index (χ4v) is 3.32. The minimum Gasteiger partial charge on any atom is -0.0651 e. The molecule has 0 saturated carbocycles. The van der Waals surface area contributed by atoms with E-state index in [4.69, 9.17) is 0 Å². The van der Waals surface area contributed by atoms with Crippen molar-refractivity contribution in [3.05, 3.63) is 94.5 Å². The number of hydrogen-bond donors (Lipinski definition) is 0. The zero-order chi connectivity index (χ0) is 19.1. The summed E-state index contributed by atoms with van der Waals surface area (Å²) in [7, 11) is 0. The van der Waals surface area contributed by atoms with Gasteiger partial charge in [0, 0.05) is 11.1 Å². The molecule has 0 aliphatic carbocycles. The van der Waals surface area contributed by atoms with Crippen molar-refractivity contribution in [3.63, 3.8) is 0 Å². The molecular weight excluding hydrogens is 324 g/mol. The molecule has 0 heterocycles. The Bertz CT molecular complexity index is 932. The van der Waals surface area contributed by atoms with Gasteiger partial charge in [0.05, 0.1) is 0 Å². The number of rotatable bonds is 5. The molecule has 0 radical (unpaired) electrons. The maximum absolute atomic E-state index is 3.34. The molecule has 136 valence electrons. The molecule has 0 fully saturated rings. The average Bonchev–Trinajstić information content (AvgIpc) is 2.69. The van der Waals surface area contributed by atoms with Crippen LogP contribution in [0.25, 0.3) is 11.1 Å². The summed E-state index contributed by atoms with van der Waals surface area (Å²) in [6.07, 6.45) is 4.64. The SMILES string of the molecule is CCCc1ccc(C#Cc2ccc(-c3ccc(CCC)cc3)cc2C)cc1. The predicted octanol–water partition coefficient (Wildman–Crippen LogP) is 6.97. The van der Waals surface area contributed by atoms with Crippen LogP contribution in [0.3, 0.4) is 0 Å². The lowest BCUT2D eigenvalue weighted by Crippen LogP contribution is -1.87. The van der Waals surface area contributed by atoms with Crippen molar-refractivity contribution in [2.24, 2.45) is 0 Å². The van der Waals surface area contributed by atoms with Crippen LogP contribution in [0.2, 0.25) is 0 Å². The van der Waals surface area contributed by atoms with Gasteiger partial charge in [-0.1, -0.05) is 87.1 Å². The van der Waals surface area contributed by atoms with Crippen LogP contribution in [-0.4, -0.2) is 0 Å². The van der Waals surface area contributed by atoms with Gasteiger partial charge in [-0.3, -0.25) is 0 Å². The Balaban J connectivity index is 1.77. The summed E-state index contributed by atoms with van der Waals surface area (Å²) in [4.78, 5) is 0. The summed E-state index contributed by atoms with van der Waals surface area (Å²) in [6.45, 7) is 6.57. The van der Waals surface area contributed by atoms with Gasteiger partial charge in [0.1, 0.15) is 0 Å². The normalized spacial score (nSPS) is 10.3. The maximum Gasteiger partial charge on any atom is 0.0278 e. The van der Waals surface area contributed by atoms with Crippen LogP contribution in [0.5, 0.6) is 0 Å². The van der Waals surface area contributed by atoms with Crippen LogP contribution < -0.4 is 0 Å². The van der Waals surface area contributed by atoms with Crippen molar-refractivity contribution in [3.8, 4) is 23.0 Å². The van der Waals surface area contributed by atoms with E-state index in [0.29, 0.717) is 0 Å². The summed E-state index contributed by atoms with van der Waals surface area (Å²) in [6, 6.07) is 24.1. The number of benzene rings is 3. The molecule has 0 aromatic heterocycles. The van der Waals surface area contributed by atoms with Gasteiger partial charge >= 0.3 is 0 Å². The Morgan fingerprint density at radius 1 is 0.630 bits per heavy atom. The molecule has 0 heteroatoms. The summed E-state index contributed by atoms with van der Waals surface area (Å²) in [5, 5.41) is 0. The third kappa shape index (κ3) is 5.11. The number of aryl methyl sites for hydroxylation is 3. The second-order valence-electron chi connectivity index (χ2n) is 7.17. The topological polar surface area (TPSA) is 0 Å². The van der Waals surface area contributed by atoms with Gasteiger partial charge in [0.25, 0.3) is 0 Å². The first kappa shape index (κ1) is 19.0. The Labute approximate surface area is 164 Å². The molecule has 0 saturated heterocycles. The van der Waals surface area contributed by atoms with Crippen molar-refractivity contribution in [1.82, 2.24) is 0 Å². The monoisotopic (exact) mass is 352 g/mol. The van der Waals surface area contributed by atoms with E-state index in [2.05, 4.69) is 99.3 Å². The van der Waals surface area contributed by atoms with Crippen molar-refractivity contribution in [2.45, 2.75) is 46.5 Å². The van der Waals surface area contributed by atoms with E-state index in [0.717, 1.165) is 24.0 Å². The van der Waals surface area contributed by atoms with Gasteiger partial charge in [-0.15, -0.1) is 0 Å². The molecule has 3 rings (SSSR count). The molecule has 0 aliphatic heterocycles. The van der Waals surface area contributed by atoms with Crippen molar-refractivity contribution in [2.75, 3.05) is 0 Å². The average molecular weight is 353 g/mol. The van der Waals surface area contributed by atoms with E-state index in [1.54, 1.807) is 0 Å². The van der Waals surface area contributed by atoms with Gasteiger partial charge < -0.3 is 0 Å². The Morgan fingerprint density at radius 2 is 1.19 bits per heavy atom. The lowest BCUT2D eigenvalue weighted by molar-refractivity contribution is 0.922. The molecule has 0 bridgehead atoms. The van der Waals surface area contributed by atoms with Crippen LogP contribution >= 0.6 is 0 Å². The summed E-state index contributed by atoms with van der Waals surface area (Å²) >= 11 is 0. The zero-order valence-electron chi connectivity index (χ0n) is 16.7. The van der Waals surface area contributed by atoms with Crippen molar-refractivity contribution in [1.29, 1.82) is 0 Å². The Morgan fingerprint density at radius 3 is 1.74 bits per heavy atom. The van der Waals surface area contributed by atoms with Crippen LogP contribution in [0.15, 0.2) is 66.7 Å². The fourth-order valence-electron chi connectivity index (χ4n) is 3.32. The van der Waals surface area contributed by atoms with E-state index in [-0.39, 0.29) is 0 Å². The van der Waals surface area contributed by atoms with E-state index in [1.165, 1.54) is 40.7 Å². The Hall–Kier alpha value is -2.78. The smallest absolute Gasteiger partial charge is 0.0278 e. The van der Waals surface area contributed by atoms with Crippen molar-refractivity contribution >= 4 is 0 Å². The van der Waals surface area contributed by atoms with Gasteiger partial charge in [0.2, 0.25) is 0 Å². The Kier molecular flexibility index (Phi) is 6.50. The molecule has 0 aliphatic rings. The molecule has 0 nitrogen and oxygen atoms in total. The highest BCUT2D eigenvalue weighted by Crippen LogP contribution is 2.23. The summed E-state index contributed by atoms with van der Waals surface area (Å²) in [5.74, 6) is 6.64. The molecular formula is C27H28. The molecule has 0 unspecified atom stereocenters. The van der Waals surface area contributed by atoms with Gasteiger partial charge in [0.15, 0.2) is 0 Å². The highest BCUT2D eigenvalue weighted by Gasteiger charge is 2.02. The highest BCUT2D eigenvalue weighted by atomic mass is 14.1. The van der Waals surface area contributed by atoms with E-state index in [1.807, 2.05) is 0 Å².